The molecule has 0 amide bonds. The number of fused-ring (bicyclic) bond motifs is 1. The van der Waals surface area contributed by atoms with E-state index in [1.165, 1.54) is 23.5 Å². The number of nitrogens with zero attached hydrogens (tertiary/aromatic N) is 5. The van der Waals surface area contributed by atoms with Gasteiger partial charge in [0.1, 0.15) is 5.82 Å². The number of hydrogen-bond acceptors (Lipinski definition) is 6. The Labute approximate surface area is 159 Å². The molecule has 0 saturated carbocycles. The van der Waals surface area contributed by atoms with Crippen LogP contribution in [0.4, 0.5) is 15.3 Å². The van der Waals surface area contributed by atoms with Crippen molar-refractivity contribution in [2.75, 3.05) is 11.9 Å². The number of halogens is 1. The van der Waals surface area contributed by atoms with Crippen LogP contribution >= 0.6 is 11.3 Å². The molecule has 4 aromatic rings. The second-order valence-corrected chi connectivity index (χ2v) is 6.91. The van der Waals surface area contributed by atoms with Crippen molar-refractivity contribution in [2.45, 2.75) is 20.0 Å². The van der Waals surface area contributed by atoms with Crippen LogP contribution in [0.5, 0.6) is 0 Å². The number of imidazole rings is 1. The van der Waals surface area contributed by atoms with Gasteiger partial charge in [-0.2, -0.15) is 9.61 Å². The monoisotopic (exact) mass is 383 g/mol. The minimum atomic E-state index is -0.268. The highest BCUT2D eigenvalue weighted by Gasteiger charge is 2.20. The van der Waals surface area contributed by atoms with Gasteiger partial charge < -0.3 is 10.0 Å². The molecule has 27 heavy (non-hydrogen) atoms. The first-order valence-corrected chi connectivity index (χ1v) is 9.42. The Balaban J connectivity index is 1.76. The lowest BCUT2D eigenvalue weighted by Gasteiger charge is -2.16. The molecule has 0 aliphatic carbocycles. The minimum absolute atomic E-state index is 0.134. The van der Waals surface area contributed by atoms with E-state index in [4.69, 9.17) is 4.98 Å². The van der Waals surface area contributed by atoms with Crippen LogP contribution in [0.1, 0.15) is 18.3 Å². The molecule has 0 unspecified atom stereocenters. The van der Waals surface area contributed by atoms with Crippen LogP contribution in [0.25, 0.3) is 16.9 Å². The maximum Gasteiger partial charge on any atom is 0.191 e. The fourth-order valence-corrected chi connectivity index (χ4v) is 3.73. The van der Waals surface area contributed by atoms with Gasteiger partial charge in [0.25, 0.3) is 0 Å². The van der Waals surface area contributed by atoms with Crippen molar-refractivity contribution >= 4 is 27.9 Å². The zero-order valence-corrected chi connectivity index (χ0v) is 15.7. The second-order valence-electron chi connectivity index (χ2n) is 6.07. The number of hydrogen-bond donors (Lipinski definition) is 1. The maximum absolute atomic E-state index is 13.2. The highest BCUT2D eigenvalue weighted by molar-refractivity contribution is 7.14. The molecule has 0 radical (unpaired) electrons. The zero-order chi connectivity index (χ0) is 19.0. The average molecular weight is 383 g/mol. The van der Waals surface area contributed by atoms with Gasteiger partial charge in [0.15, 0.2) is 16.6 Å². The van der Waals surface area contributed by atoms with Gasteiger partial charge in [0, 0.05) is 18.0 Å². The summed E-state index contributed by atoms with van der Waals surface area (Å²) in [5.74, 6) is 0.554. The molecular formula is C19H18FN5OS. The van der Waals surface area contributed by atoms with Crippen LogP contribution in [0.2, 0.25) is 0 Å². The molecule has 3 heterocycles. The van der Waals surface area contributed by atoms with Crippen molar-refractivity contribution in [1.82, 2.24) is 19.6 Å². The number of aliphatic hydroxyl groups excluding tert-OH is 1. The predicted octanol–water partition coefficient (Wildman–Crippen LogP) is 3.81. The molecule has 6 nitrogen and oxygen atoms in total. The number of rotatable bonds is 5. The molecule has 0 aliphatic heterocycles. The van der Waals surface area contributed by atoms with Crippen LogP contribution in [-0.2, 0) is 13.0 Å². The fourth-order valence-electron chi connectivity index (χ4n) is 2.92. The summed E-state index contributed by atoms with van der Waals surface area (Å²) < 4.78 is 14.9. The molecule has 0 atom stereocenters. The van der Waals surface area contributed by atoms with E-state index in [9.17, 15) is 9.50 Å². The summed E-state index contributed by atoms with van der Waals surface area (Å²) in [4.78, 5) is 11.3. The number of anilines is 2. The van der Waals surface area contributed by atoms with E-state index in [0.717, 1.165) is 40.0 Å². The molecule has 0 fully saturated rings. The lowest BCUT2D eigenvalue weighted by molar-refractivity contribution is 0.275. The van der Waals surface area contributed by atoms with E-state index >= 15 is 0 Å². The molecule has 1 N–H and O–H groups in total. The number of aryl methyl sites for hydroxylation is 1. The van der Waals surface area contributed by atoms with Gasteiger partial charge in [-0.1, -0.05) is 6.92 Å². The molecule has 0 bridgehead atoms. The molecule has 138 valence electrons. The second kappa shape index (κ2) is 7.05. The highest BCUT2D eigenvalue weighted by Crippen LogP contribution is 2.33. The van der Waals surface area contributed by atoms with Gasteiger partial charge in [-0.15, -0.1) is 11.3 Å². The van der Waals surface area contributed by atoms with Crippen molar-refractivity contribution in [1.29, 1.82) is 0 Å². The van der Waals surface area contributed by atoms with Gasteiger partial charge >= 0.3 is 0 Å². The summed E-state index contributed by atoms with van der Waals surface area (Å²) in [6.07, 6.45) is 0.744. The molecule has 1 aromatic carbocycles. The Morgan fingerprint density at radius 1 is 1.15 bits per heavy atom. The molecule has 8 heteroatoms. The largest absolute Gasteiger partial charge is 0.390 e. The van der Waals surface area contributed by atoms with Crippen molar-refractivity contribution in [2.24, 2.45) is 0 Å². The van der Waals surface area contributed by atoms with E-state index in [2.05, 4.69) is 10.1 Å². The predicted molar refractivity (Wildman–Crippen MR) is 104 cm³/mol. The number of benzene rings is 1. The van der Waals surface area contributed by atoms with E-state index < -0.39 is 0 Å². The Bertz CT molecular complexity index is 1090. The van der Waals surface area contributed by atoms with Crippen molar-refractivity contribution in [3.05, 3.63) is 59.0 Å². The first kappa shape index (κ1) is 17.6. The van der Waals surface area contributed by atoms with Gasteiger partial charge in [0.05, 0.1) is 23.7 Å². The molecule has 3 aromatic heterocycles. The van der Waals surface area contributed by atoms with Gasteiger partial charge in [-0.05, 0) is 42.8 Å². The quantitative estimate of drug-likeness (QED) is 0.568. The van der Waals surface area contributed by atoms with Crippen LogP contribution in [0.3, 0.4) is 0 Å². The van der Waals surface area contributed by atoms with Gasteiger partial charge in [0.2, 0.25) is 0 Å². The van der Waals surface area contributed by atoms with Crippen molar-refractivity contribution < 1.29 is 9.50 Å². The van der Waals surface area contributed by atoms with Gasteiger partial charge in [-0.3, -0.25) is 0 Å². The Kier molecular flexibility index (Phi) is 4.59. The summed E-state index contributed by atoms with van der Waals surface area (Å²) in [5.41, 5.74) is 3.85. The van der Waals surface area contributed by atoms with Crippen molar-refractivity contribution in [3.63, 3.8) is 0 Å². The van der Waals surface area contributed by atoms with E-state index in [0.29, 0.717) is 5.69 Å². The van der Waals surface area contributed by atoms with E-state index in [-0.39, 0.29) is 12.4 Å². The third-order valence-corrected chi connectivity index (χ3v) is 5.23. The number of thiazole rings is 1. The smallest absolute Gasteiger partial charge is 0.191 e. The number of aromatic nitrogens is 4. The summed E-state index contributed by atoms with van der Waals surface area (Å²) in [7, 11) is 1.92. The SMILES string of the molecule is CCc1nc2ccc(CO)nn2c1N(C)c1nc(-c2ccc(F)cc2)cs1. The molecule has 0 aliphatic rings. The van der Waals surface area contributed by atoms with Crippen LogP contribution in [0, 0.1) is 5.82 Å². The third-order valence-electron chi connectivity index (χ3n) is 4.31. The number of aliphatic hydroxyl groups is 1. The van der Waals surface area contributed by atoms with Crippen LogP contribution in [0.15, 0.2) is 41.8 Å². The lowest BCUT2D eigenvalue weighted by Crippen LogP contribution is -2.15. The molecular weight excluding hydrogens is 365 g/mol. The van der Waals surface area contributed by atoms with E-state index in [1.807, 2.05) is 30.3 Å². The lowest BCUT2D eigenvalue weighted by atomic mass is 10.2. The summed E-state index contributed by atoms with van der Waals surface area (Å²) >= 11 is 1.50. The normalized spacial score (nSPS) is 11.3. The van der Waals surface area contributed by atoms with Crippen molar-refractivity contribution in [3.8, 4) is 11.3 Å². The maximum atomic E-state index is 13.2. The van der Waals surface area contributed by atoms with E-state index in [1.54, 1.807) is 22.7 Å². The Morgan fingerprint density at radius 3 is 2.63 bits per heavy atom. The third kappa shape index (κ3) is 3.17. The fraction of sp³-hybridized carbons (Fsp3) is 0.211. The molecule has 0 saturated heterocycles. The first-order valence-electron chi connectivity index (χ1n) is 8.54. The van der Waals surface area contributed by atoms with Crippen LogP contribution in [-0.4, -0.2) is 31.7 Å². The summed E-state index contributed by atoms with van der Waals surface area (Å²) in [5, 5.41) is 16.6. The highest BCUT2D eigenvalue weighted by atomic mass is 32.1. The van der Waals surface area contributed by atoms with Gasteiger partial charge in [-0.25, -0.2) is 14.4 Å². The standard InChI is InChI=1S/C19H18FN5OS/c1-3-15-18(25-17(21-15)9-8-14(10-26)23-25)24(2)19-22-16(11-27-19)12-4-6-13(20)7-5-12/h4-9,11,26H,3,10H2,1-2H3. The molecule has 0 spiro atoms. The zero-order valence-electron chi connectivity index (χ0n) is 14.9. The molecule has 4 rings (SSSR count). The van der Waals surface area contributed by atoms with Crippen LogP contribution < -0.4 is 4.90 Å². The summed E-state index contributed by atoms with van der Waals surface area (Å²) in [6, 6.07) is 9.91. The average Bonchev–Trinajstić information content (AvgIpc) is 3.32. The first-order chi connectivity index (χ1) is 13.1. The Morgan fingerprint density at radius 2 is 1.93 bits per heavy atom. The minimum Gasteiger partial charge on any atom is -0.390 e. The Hall–Kier alpha value is -2.84. The summed E-state index contributed by atoms with van der Waals surface area (Å²) in [6.45, 7) is 1.91. The topological polar surface area (TPSA) is 66.6 Å².